The first-order valence-corrected chi connectivity index (χ1v) is 7.48. The van der Waals surface area contributed by atoms with E-state index in [2.05, 4.69) is 32.5 Å². The van der Waals surface area contributed by atoms with Crippen LogP contribution in [0, 0.1) is 13.8 Å². The maximum Gasteiger partial charge on any atom is 0.225 e. The van der Waals surface area contributed by atoms with Crippen molar-refractivity contribution in [2.24, 2.45) is 0 Å². The summed E-state index contributed by atoms with van der Waals surface area (Å²) in [7, 11) is 0. The van der Waals surface area contributed by atoms with Gasteiger partial charge < -0.3 is 10.6 Å². The number of aryl methyl sites for hydroxylation is 1. The van der Waals surface area contributed by atoms with E-state index in [4.69, 9.17) is 0 Å². The minimum Gasteiger partial charge on any atom is -0.367 e. The Bertz CT molecular complexity index is 608. The standard InChI is InChI=1S/C16H21N5/c1-11-12(2)19-16(18-10-14-6-3-4-9-17-14)21-15(11)20-13-7-5-8-13/h3-4,6,9,13H,5,7-8,10H2,1-2H3,(H2,18,19,20,21). The quantitative estimate of drug-likeness (QED) is 0.883. The highest BCUT2D eigenvalue weighted by molar-refractivity contribution is 5.50. The molecule has 0 bridgehead atoms. The van der Waals surface area contributed by atoms with Gasteiger partial charge in [0.2, 0.25) is 5.95 Å². The van der Waals surface area contributed by atoms with Crippen LogP contribution in [0.3, 0.4) is 0 Å². The fraction of sp³-hybridized carbons (Fsp3) is 0.438. The van der Waals surface area contributed by atoms with E-state index in [9.17, 15) is 0 Å². The molecule has 1 fully saturated rings. The van der Waals surface area contributed by atoms with Crippen molar-refractivity contribution in [2.75, 3.05) is 10.6 Å². The van der Waals surface area contributed by atoms with E-state index in [1.807, 2.05) is 25.1 Å². The van der Waals surface area contributed by atoms with Crippen LogP contribution in [0.5, 0.6) is 0 Å². The summed E-state index contributed by atoms with van der Waals surface area (Å²) >= 11 is 0. The summed E-state index contributed by atoms with van der Waals surface area (Å²) in [5, 5.41) is 6.77. The minimum atomic E-state index is 0.571. The average molecular weight is 283 g/mol. The monoisotopic (exact) mass is 283 g/mol. The van der Waals surface area contributed by atoms with Crippen molar-refractivity contribution in [1.82, 2.24) is 15.0 Å². The van der Waals surface area contributed by atoms with Gasteiger partial charge in [0.1, 0.15) is 5.82 Å². The number of rotatable bonds is 5. The van der Waals surface area contributed by atoms with E-state index in [-0.39, 0.29) is 0 Å². The Labute approximate surface area is 125 Å². The topological polar surface area (TPSA) is 62.7 Å². The summed E-state index contributed by atoms with van der Waals surface area (Å²) in [4.78, 5) is 13.4. The third kappa shape index (κ3) is 3.29. The first-order valence-electron chi connectivity index (χ1n) is 7.48. The lowest BCUT2D eigenvalue weighted by Crippen LogP contribution is -2.28. The Morgan fingerprint density at radius 2 is 2.05 bits per heavy atom. The number of pyridine rings is 1. The molecule has 1 aliphatic rings. The number of aromatic nitrogens is 3. The number of anilines is 2. The van der Waals surface area contributed by atoms with E-state index >= 15 is 0 Å². The summed E-state index contributed by atoms with van der Waals surface area (Å²) in [6.45, 7) is 4.72. The zero-order chi connectivity index (χ0) is 14.7. The van der Waals surface area contributed by atoms with E-state index < -0.39 is 0 Å². The normalized spacial score (nSPS) is 14.6. The number of hydrogen-bond donors (Lipinski definition) is 2. The zero-order valence-electron chi connectivity index (χ0n) is 12.6. The zero-order valence-corrected chi connectivity index (χ0v) is 12.6. The smallest absolute Gasteiger partial charge is 0.225 e. The molecule has 110 valence electrons. The Morgan fingerprint density at radius 3 is 2.71 bits per heavy atom. The van der Waals surface area contributed by atoms with Crippen molar-refractivity contribution in [2.45, 2.75) is 45.7 Å². The molecule has 0 aromatic carbocycles. The molecule has 0 atom stereocenters. The van der Waals surface area contributed by atoms with Gasteiger partial charge in [0.25, 0.3) is 0 Å². The van der Waals surface area contributed by atoms with Gasteiger partial charge in [-0.05, 0) is 45.2 Å². The maximum atomic E-state index is 4.61. The second-order valence-electron chi connectivity index (χ2n) is 5.55. The maximum absolute atomic E-state index is 4.61. The van der Waals surface area contributed by atoms with Crippen molar-refractivity contribution in [3.8, 4) is 0 Å². The van der Waals surface area contributed by atoms with Crippen LogP contribution in [0.25, 0.3) is 0 Å². The van der Waals surface area contributed by atoms with E-state index in [1.165, 1.54) is 19.3 Å². The van der Waals surface area contributed by atoms with Crippen LogP contribution < -0.4 is 10.6 Å². The second-order valence-corrected chi connectivity index (χ2v) is 5.55. The van der Waals surface area contributed by atoms with Gasteiger partial charge in [-0.15, -0.1) is 0 Å². The largest absolute Gasteiger partial charge is 0.367 e. The minimum absolute atomic E-state index is 0.571. The van der Waals surface area contributed by atoms with Crippen LogP contribution >= 0.6 is 0 Å². The third-order valence-corrected chi connectivity index (χ3v) is 3.99. The second kappa shape index (κ2) is 6.08. The highest BCUT2D eigenvalue weighted by atomic mass is 15.2. The molecule has 2 heterocycles. The molecule has 2 N–H and O–H groups in total. The Kier molecular flexibility index (Phi) is 3.99. The van der Waals surface area contributed by atoms with Crippen LogP contribution in [0.15, 0.2) is 24.4 Å². The molecule has 0 spiro atoms. The lowest BCUT2D eigenvalue weighted by atomic mass is 9.93. The van der Waals surface area contributed by atoms with Gasteiger partial charge in [-0.25, -0.2) is 4.98 Å². The molecule has 1 saturated carbocycles. The Balaban J connectivity index is 1.72. The van der Waals surface area contributed by atoms with Crippen molar-refractivity contribution < 1.29 is 0 Å². The fourth-order valence-electron chi connectivity index (χ4n) is 2.27. The molecule has 21 heavy (non-hydrogen) atoms. The first-order chi connectivity index (χ1) is 10.2. The highest BCUT2D eigenvalue weighted by Gasteiger charge is 2.19. The SMILES string of the molecule is Cc1nc(NCc2ccccn2)nc(NC2CCC2)c1C. The van der Waals surface area contributed by atoms with Crippen molar-refractivity contribution in [1.29, 1.82) is 0 Å². The average Bonchev–Trinajstić information content (AvgIpc) is 2.46. The molecule has 0 aliphatic heterocycles. The van der Waals surface area contributed by atoms with Crippen LogP contribution in [-0.4, -0.2) is 21.0 Å². The molecule has 1 aliphatic carbocycles. The molecule has 0 radical (unpaired) electrons. The number of nitrogens with one attached hydrogen (secondary N) is 2. The molecule has 5 heteroatoms. The van der Waals surface area contributed by atoms with Gasteiger partial charge in [-0.3, -0.25) is 4.98 Å². The summed E-state index contributed by atoms with van der Waals surface area (Å²) in [5.41, 5.74) is 3.12. The van der Waals surface area contributed by atoms with Gasteiger partial charge in [-0.1, -0.05) is 6.07 Å². The first kappa shape index (κ1) is 13.8. The molecular formula is C16H21N5. The molecule has 0 amide bonds. The summed E-state index contributed by atoms with van der Waals surface area (Å²) in [6, 6.07) is 6.45. The van der Waals surface area contributed by atoms with Gasteiger partial charge in [0.05, 0.1) is 12.2 Å². The van der Waals surface area contributed by atoms with Gasteiger partial charge in [0, 0.05) is 23.5 Å². The lowest BCUT2D eigenvalue weighted by Gasteiger charge is -2.28. The summed E-state index contributed by atoms with van der Waals surface area (Å²) in [6.07, 6.45) is 5.58. The molecule has 3 rings (SSSR count). The van der Waals surface area contributed by atoms with Crippen molar-refractivity contribution >= 4 is 11.8 Å². The van der Waals surface area contributed by atoms with Gasteiger partial charge >= 0.3 is 0 Å². The predicted molar refractivity (Wildman–Crippen MR) is 84.3 cm³/mol. The highest BCUT2D eigenvalue weighted by Crippen LogP contribution is 2.25. The molecule has 2 aromatic heterocycles. The number of nitrogens with zero attached hydrogens (tertiary/aromatic N) is 3. The van der Waals surface area contributed by atoms with Crippen molar-refractivity contribution in [3.05, 3.63) is 41.3 Å². The third-order valence-electron chi connectivity index (χ3n) is 3.99. The van der Waals surface area contributed by atoms with E-state index in [0.717, 1.165) is 22.8 Å². The Morgan fingerprint density at radius 1 is 1.19 bits per heavy atom. The van der Waals surface area contributed by atoms with Crippen LogP contribution in [0.4, 0.5) is 11.8 Å². The molecule has 0 unspecified atom stereocenters. The fourth-order valence-corrected chi connectivity index (χ4v) is 2.27. The molecular weight excluding hydrogens is 262 g/mol. The molecule has 2 aromatic rings. The van der Waals surface area contributed by atoms with E-state index in [0.29, 0.717) is 18.5 Å². The predicted octanol–water partition coefficient (Wildman–Crippen LogP) is 3.06. The van der Waals surface area contributed by atoms with Crippen LogP contribution in [-0.2, 0) is 6.54 Å². The van der Waals surface area contributed by atoms with Gasteiger partial charge in [-0.2, -0.15) is 4.98 Å². The summed E-state index contributed by atoms with van der Waals surface area (Å²) < 4.78 is 0. The molecule has 5 nitrogen and oxygen atoms in total. The van der Waals surface area contributed by atoms with Crippen LogP contribution in [0.1, 0.15) is 36.2 Å². The number of hydrogen-bond acceptors (Lipinski definition) is 5. The summed E-state index contributed by atoms with van der Waals surface area (Å²) in [5.74, 6) is 1.61. The Hall–Kier alpha value is -2.17. The van der Waals surface area contributed by atoms with Crippen molar-refractivity contribution in [3.63, 3.8) is 0 Å². The van der Waals surface area contributed by atoms with Crippen LogP contribution in [0.2, 0.25) is 0 Å². The molecule has 0 saturated heterocycles. The van der Waals surface area contributed by atoms with E-state index in [1.54, 1.807) is 6.20 Å². The van der Waals surface area contributed by atoms with Gasteiger partial charge in [0.15, 0.2) is 0 Å². The lowest BCUT2D eigenvalue weighted by molar-refractivity contribution is 0.444.